The molecule has 0 spiro atoms. The van der Waals surface area contributed by atoms with Crippen LogP contribution < -0.4 is 5.32 Å². The highest BCUT2D eigenvalue weighted by Gasteiger charge is 2.22. The first-order chi connectivity index (χ1) is 9.02. The van der Waals surface area contributed by atoms with Gasteiger partial charge in [-0.05, 0) is 11.5 Å². The van der Waals surface area contributed by atoms with E-state index in [4.69, 9.17) is 4.74 Å². The molecule has 1 N–H and O–H groups in total. The maximum atomic E-state index is 11.8. The van der Waals surface area contributed by atoms with E-state index in [2.05, 4.69) is 5.32 Å². The van der Waals surface area contributed by atoms with Gasteiger partial charge in [-0.25, -0.2) is 4.79 Å². The van der Waals surface area contributed by atoms with Crippen molar-refractivity contribution < 1.29 is 14.3 Å². The molecule has 0 saturated heterocycles. The maximum Gasteiger partial charge on any atom is 0.328 e. The summed E-state index contributed by atoms with van der Waals surface area (Å²) in [4.78, 5) is 23.5. The number of carbonyl (C=O) groups is 2. The molecule has 0 heterocycles. The lowest BCUT2D eigenvalue weighted by Gasteiger charge is -2.17. The van der Waals surface area contributed by atoms with Crippen molar-refractivity contribution in [1.29, 1.82) is 0 Å². The summed E-state index contributed by atoms with van der Waals surface area (Å²) in [6.45, 7) is 3.92. The van der Waals surface area contributed by atoms with Gasteiger partial charge >= 0.3 is 5.97 Å². The van der Waals surface area contributed by atoms with Crippen LogP contribution in [0.15, 0.2) is 30.3 Å². The van der Waals surface area contributed by atoms with Crippen molar-refractivity contribution in [2.45, 2.75) is 32.7 Å². The quantitative estimate of drug-likeness (QED) is 0.798. The van der Waals surface area contributed by atoms with E-state index in [0.29, 0.717) is 12.8 Å². The number of nitrogens with one attached hydrogen (secondary N) is 1. The van der Waals surface area contributed by atoms with Crippen LogP contribution in [0.25, 0.3) is 0 Å². The van der Waals surface area contributed by atoms with Crippen LogP contribution in [0.5, 0.6) is 0 Å². The SMILES string of the molecule is COC(=O)[C@@H](Cc1ccccc1)NC(=O)CC(C)C. The van der Waals surface area contributed by atoms with Crippen molar-refractivity contribution >= 4 is 11.9 Å². The van der Waals surface area contributed by atoms with Crippen LogP contribution in [0.3, 0.4) is 0 Å². The third kappa shape index (κ3) is 5.55. The molecule has 0 aliphatic carbocycles. The zero-order valence-corrected chi connectivity index (χ0v) is 11.7. The predicted molar refractivity (Wildman–Crippen MR) is 73.5 cm³/mol. The van der Waals surface area contributed by atoms with Crippen molar-refractivity contribution in [3.05, 3.63) is 35.9 Å². The molecule has 1 rings (SSSR count). The van der Waals surface area contributed by atoms with Gasteiger partial charge in [0.25, 0.3) is 0 Å². The van der Waals surface area contributed by atoms with Gasteiger partial charge in [-0.3, -0.25) is 4.79 Å². The predicted octanol–water partition coefficient (Wildman–Crippen LogP) is 1.93. The van der Waals surface area contributed by atoms with Crippen LogP contribution in [0.1, 0.15) is 25.8 Å². The Morgan fingerprint density at radius 1 is 1.21 bits per heavy atom. The summed E-state index contributed by atoms with van der Waals surface area (Å²) in [5, 5.41) is 2.73. The molecule has 4 nitrogen and oxygen atoms in total. The first-order valence-electron chi connectivity index (χ1n) is 6.44. The number of hydrogen-bond donors (Lipinski definition) is 1. The summed E-state index contributed by atoms with van der Waals surface area (Å²) < 4.78 is 4.74. The average Bonchev–Trinajstić information content (AvgIpc) is 2.37. The van der Waals surface area contributed by atoms with E-state index in [-0.39, 0.29) is 11.8 Å². The van der Waals surface area contributed by atoms with Gasteiger partial charge in [-0.1, -0.05) is 44.2 Å². The first kappa shape index (κ1) is 15.2. The van der Waals surface area contributed by atoms with Crippen LogP contribution in [0, 0.1) is 5.92 Å². The lowest BCUT2D eigenvalue weighted by atomic mass is 10.0. The largest absolute Gasteiger partial charge is 0.467 e. The van der Waals surface area contributed by atoms with E-state index in [1.165, 1.54) is 7.11 Å². The lowest BCUT2D eigenvalue weighted by molar-refractivity contribution is -0.145. The molecule has 19 heavy (non-hydrogen) atoms. The van der Waals surface area contributed by atoms with Gasteiger partial charge in [0.15, 0.2) is 0 Å². The molecule has 0 aliphatic rings. The molecule has 0 radical (unpaired) electrons. The molecule has 0 saturated carbocycles. The Kier molecular flexibility index (Phi) is 6.06. The van der Waals surface area contributed by atoms with Crippen LogP contribution in [0.2, 0.25) is 0 Å². The lowest BCUT2D eigenvalue weighted by Crippen LogP contribution is -2.43. The normalized spacial score (nSPS) is 12.0. The highest BCUT2D eigenvalue weighted by molar-refractivity contribution is 5.84. The van der Waals surface area contributed by atoms with E-state index in [1.807, 2.05) is 44.2 Å². The number of esters is 1. The van der Waals surface area contributed by atoms with Crippen LogP contribution >= 0.6 is 0 Å². The van der Waals surface area contributed by atoms with Gasteiger partial charge in [0.05, 0.1) is 7.11 Å². The Morgan fingerprint density at radius 2 is 1.84 bits per heavy atom. The molecule has 1 aromatic carbocycles. The highest BCUT2D eigenvalue weighted by Crippen LogP contribution is 2.06. The molecule has 1 aromatic rings. The van der Waals surface area contributed by atoms with Crippen LogP contribution in [-0.2, 0) is 20.7 Å². The van der Waals surface area contributed by atoms with E-state index in [0.717, 1.165) is 5.56 Å². The van der Waals surface area contributed by atoms with Crippen molar-refractivity contribution in [3.63, 3.8) is 0 Å². The Morgan fingerprint density at radius 3 is 2.37 bits per heavy atom. The summed E-state index contributed by atoms with van der Waals surface area (Å²) in [6, 6.07) is 8.93. The Balaban J connectivity index is 2.67. The second kappa shape index (κ2) is 7.56. The number of rotatable bonds is 6. The zero-order valence-electron chi connectivity index (χ0n) is 11.7. The molecular weight excluding hydrogens is 242 g/mol. The number of benzene rings is 1. The average molecular weight is 263 g/mol. The van der Waals surface area contributed by atoms with E-state index in [1.54, 1.807) is 0 Å². The highest BCUT2D eigenvalue weighted by atomic mass is 16.5. The minimum Gasteiger partial charge on any atom is -0.467 e. The molecule has 0 unspecified atom stereocenters. The van der Waals surface area contributed by atoms with Crippen molar-refractivity contribution in [2.75, 3.05) is 7.11 Å². The van der Waals surface area contributed by atoms with E-state index >= 15 is 0 Å². The maximum absolute atomic E-state index is 11.8. The number of methoxy groups -OCH3 is 1. The fraction of sp³-hybridized carbons (Fsp3) is 0.467. The fourth-order valence-corrected chi connectivity index (χ4v) is 1.81. The molecule has 4 heteroatoms. The van der Waals surface area contributed by atoms with Crippen molar-refractivity contribution in [3.8, 4) is 0 Å². The number of amides is 1. The van der Waals surface area contributed by atoms with Gasteiger partial charge in [0.2, 0.25) is 5.91 Å². The minimum absolute atomic E-state index is 0.124. The van der Waals surface area contributed by atoms with Crippen molar-refractivity contribution in [1.82, 2.24) is 5.32 Å². The molecule has 1 atom stereocenters. The van der Waals surface area contributed by atoms with E-state index < -0.39 is 12.0 Å². The molecule has 0 bridgehead atoms. The summed E-state index contributed by atoms with van der Waals surface area (Å²) in [5.41, 5.74) is 0.989. The van der Waals surface area contributed by atoms with Gasteiger partial charge in [0.1, 0.15) is 6.04 Å². The Bertz CT molecular complexity index is 415. The van der Waals surface area contributed by atoms with Gasteiger partial charge in [-0.15, -0.1) is 0 Å². The van der Waals surface area contributed by atoms with E-state index in [9.17, 15) is 9.59 Å². The number of hydrogen-bond acceptors (Lipinski definition) is 3. The topological polar surface area (TPSA) is 55.4 Å². The molecule has 0 aliphatic heterocycles. The second-order valence-electron chi connectivity index (χ2n) is 4.93. The van der Waals surface area contributed by atoms with Gasteiger partial charge in [0, 0.05) is 12.8 Å². The first-order valence-corrected chi connectivity index (χ1v) is 6.44. The molecule has 104 valence electrons. The smallest absolute Gasteiger partial charge is 0.328 e. The molecule has 0 aromatic heterocycles. The molecule has 1 amide bonds. The summed E-state index contributed by atoms with van der Waals surface area (Å²) in [6.07, 6.45) is 0.847. The van der Waals surface area contributed by atoms with Gasteiger partial charge < -0.3 is 10.1 Å². The monoisotopic (exact) mass is 263 g/mol. The third-order valence-electron chi connectivity index (χ3n) is 2.70. The van der Waals surface area contributed by atoms with Crippen molar-refractivity contribution in [2.24, 2.45) is 5.92 Å². The number of carbonyl (C=O) groups excluding carboxylic acids is 2. The minimum atomic E-state index is -0.626. The number of ether oxygens (including phenoxy) is 1. The zero-order chi connectivity index (χ0) is 14.3. The third-order valence-corrected chi connectivity index (χ3v) is 2.70. The molecular formula is C15H21NO3. The second-order valence-corrected chi connectivity index (χ2v) is 4.93. The van der Waals surface area contributed by atoms with Gasteiger partial charge in [-0.2, -0.15) is 0 Å². The molecule has 0 fully saturated rings. The standard InChI is InChI=1S/C15H21NO3/c1-11(2)9-14(17)16-13(15(18)19-3)10-12-7-5-4-6-8-12/h4-8,11,13H,9-10H2,1-3H3,(H,16,17)/t13-/m1/s1. The fourth-order valence-electron chi connectivity index (χ4n) is 1.81. The summed E-state index contributed by atoms with van der Waals surface area (Å²) in [5.74, 6) is -0.280. The van der Waals surface area contributed by atoms with Crippen LogP contribution in [0.4, 0.5) is 0 Å². The van der Waals surface area contributed by atoms with Crippen LogP contribution in [-0.4, -0.2) is 25.0 Å². The Hall–Kier alpha value is -1.84. The Labute approximate surface area is 114 Å². The summed E-state index contributed by atoms with van der Waals surface area (Å²) in [7, 11) is 1.33. The summed E-state index contributed by atoms with van der Waals surface area (Å²) >= 11 is 0.